The van der Waals surface area contributed by atoms with Crippen molar-refractivity contribution in [3.63, 3.8) is 0 Å². The smallest absolute Gasteiger partial charge is 0.338 e. The highest BCUT2D eigenvalue weighted by Crippen LogP contribution is 1.86. The summed E-state index contributed by atoms with van der Waals surface area (Å²) in [6.45, 7) is 0. The number of rotatable bonds is 4. The van der Waals surface area contributed by atoms with Crippen LogP contribution in [0, 0.1) is 0 Å². The highest BCUT2D eigenvalue weighted by atomic mass is 16.6. The highest BCUT2D eigenvalue weighted by molar-refractivity contribution is 6.00. The monoisotopic (exact) mass is 214 g/mol. The molecule has 0 radical (unpaired) electrons. The lowest BCUT2D eigenvalue weighted by Gasteiger charge is -1.92. The zero-order valence-corrected chi connectivity index (χ0v) is 7.25. The van der Waals surface area contributed by atoms with Gasteiger partial charge in [0, 0.05) is 24.3 Å². The normalized spacial score (nSPS) is 10.4. The molecule has 0 aliphatic rings. The maximum atomic E-state index is 10.6. The molecular weight excluding hydrogens is 208 g/mol. The van der Waals surface area contributed by atoms with Gasteiger partial charge in [0.2, 0.25) is 0 Å². The fraction of sp³-hybridized carbons (Fsp3) is 0. The Morgan fingerprint density at radius 1 is 0.733 bits per heavy atom. The zero-order valence-electron chi connectivity index (χ0n) is 7.25. The molecule has 0 spiro atoms. The van der Waals surface area contributed by atoms with Gasteiger partial charge in [-0.25, -0.2) is 19.2 Å². The number of hydrogen-bond donors (Lipinski definition) is 2. The third-order valence-corrected chi connectivity index (χ3v) is 0.925. The second-order valence-electron chi connectivity index (χ2n) is 2.08. The van der Waals surface area contributed by atoms with Gasteiger partial charge in [0.05, 0.1) is 0 Å². The molecule has 80 valence electrons. The first kappa shape index (κ1) is 12.6. The van der Waals surface area contributed by atoms with Crippen LogP contribution in [0.5, 0.6) is 0 Å². The average molecular weight is 214 g/mol. The lowest BCUT2D eigenvalue weighted by molar-refractivity contribution is -0.153. The summed E-state index contributed by atoms with van der Waals surface area (Å²) < 4.78 is 3.97. The maximum Gasteiger partial charge on any atom is 0.338 e. The van der Waals surface area contributed by atoms with Crippen LogP contribution >= 0.6 is 0 Å². The Bertz CT molecular complexity index is 316. The Kier molecular flexibility index (Phi) is 5.09. The van der Waals surface area contributed by atoms with Crippen LogP contribution in [-0.2, 0) is 23.9 Å². The highest BCUT2D eigenvalue weighted by Gasteiger charge is 2.04. The van der Waals surface area contributed by atoms with Crippen LogP contribution < -0.4 is 0 Å². The molecular formula is C8H6O7. The van der Waals surface area contributed by atoms with Gasteiger partial charge in [-0.3, -0.25) is 0 Å². The second-order valence-corrected chi connectivity index (χ2v) is 2.08. The van der Waals surface area contributed by atoms with E-state index in [1.54, 1.807) is 0 Å². The van der Waals surface area contributed by atoms with Crippen molar-refractivity contribution in [2.24, 2.45) is 0 Å². The molecule has 2 N–H and O–H groups in total. The molecule has 0 saturated carbocycles. The van der Waals surface area contributed by atoms with Gasteiger partial charge in [-0.1, -0.05) is 0 Å². The van der Waals surface area contributed by atoms with E-state index in [0.29, 0.717) is 24.3 Å². The Balaban J connectivity index is 4.14. The molecule has 0 amide bonds. The van der Waals surface area contributed by atoms with E-state index in [0.717, 1.165) is 0 Å². The molecule has 0 aliphatic carbocycles. The number of carboxylic acids is 2. The number of carbonyl (C=O) groups is 4. The number of hydrogen-bond acceptors (Lipinski definition) is 5. The van der Waals surface area contributed by atoms with Crippen molar-refractivity contribution in [3.05, 3.63) is 24.3 Å². The first-order valence-electron chi connectivity index (χ1n) is 3.49. The molecule has 0 atom stereocenters. The van der Waals surface area contributed by atoms with Crippen molar-refractivity contribution < 1.29 is 34.1 Å². The molecule has 0 unspecified atom stereocenters. The van der Waals surface area contributed by atoms with Crippen LogP contribution in [0.4, 0.5) is 0 Å². The molecule has 0 aromatic carbocycles. The van der Waals surface area contributed by atoms with E-state index in [2.05, 4.69) is 4.74 Å². The van der Waals surface area contributed by atoms with Gasteiger partial charge in [0.1, 0.15) is 0 Å². The molecule has 0 aromatic rings. The van der Waals surface area contributed by atoms with E-state index in [1.807, 2.05) is 0 Å². The summed E-state index contributed by atoms with van der Waals surface area (Å²) in [7, 11) is 0. The van der Waals surface area contributed by atoms with Crippen LogP contribution in [0.1, 0.15) is 0 Å². The number of esters is 2. The van der Waals surface area contributed by atoms with Crippen molar-refractivity contribution in [2.75, 3.05) is 0 Å². The van der Waals surface area contributed by atoms with Crippen molar-refractivity contribution >= 4 is 23.9 Å². The van der Waals surface area contributed by atoms with Gasteiger partial charge >= 0.3 is 23.9 Å². The van der Waals surface area contributed by atoms with Gasteiger partial charge in [-0.15, -0.1) is 0 Å². The first-order valence-corrected chi connectivity index (χ1v) is 3.49. The molecule has 0 bridgehead atoms. The summed E-state index contributed by atoms with van der Waals surface area (Å²) in [5.41, 5.74) is 0. The van der Waals surface area contributed by atoms with E-state index in [9.17, 15) is 19.2 Å². The van der Waals surface area contributed by atoms with E-state index in [1.165, 1.54) is 0 Å². The molecule has 0 heterocycles. The number of carbonyl (C=O) groups excluding carboxylic acids is 2. The summed E-state index contributed by atoms with van der Waals surface area (Å²) in [6, 6.07) is 0. The standard InChI is InChI=1S/C8H6O7/c9-5(10)1-3-7(13)15-8(14)4-2-6(11)12/h1-4H,(H,9,10)(H,11,12)/b3-1+,4-2+. The molecule has 15 heavy (non-hydrogen) atoms. The number of aliphatic carboxylic acids is 2. The molecule has 0 fully saturated rings. The van der Waals surface area contributed by atoms with Crippen LogP contribution in [-0.4, -0.2) is 34.1 Å². The zero-order chi connectivity index (χ0) is 11.8. The predicted octanol–water partition coefficient (Wildman–Crippen LogP) is -0.662. The minimum atomic E-state index is -1.37. The van der Waals surface area contributed by atoms with E-state index < -0.39 is 23.9 Å². The van der Waals surface area contributed by atoms with Crippen molar-refractivity contribution in [3.8, 4) is 0 Å². The lowest BCUT2D eigenvalue weighted by Crippen LogP contribution is -2.08. The Morgan fingerprint density at radius 2 is 1.07 bits per heavy atom. The molecule has 0 saturated heterocycles. The van der Waals surface area contributed by atoms with Gasteiger partial charge in [0.15, 0.2) is 0 Å². The van der Waals surface area contributed by atoms with Crippen molar-refractivity contribution in [1.29, 1.82) is 0 Å². The number of ether oxygens (including phenoxy) is 1. The fourth-order valence-corrected chi connectivity index (χ4v) is 0.446. The van der Waals surface area contributed by atoms with Gasteiger partial charge in [-0.05, 0) is 0 Å². The molecule has 0 rings (SSSR count). The molecule has 0 aliphatic heterocycles. The van der Waals surface area contributed by atoms with Gasteiger partial charge in [0.25, 0.3) is 0 Å². The SMILES string of the molecule is O=C(O)/C=C/C(=O)OC(=O)/C=C/C(=O)O. The molecule has 0 aromatic heterocycles. The quantitative estimate of drug-likeness (QED) is 0.362. The average Bonchev–Trinajstić information content (AvgIpc) is 2.11. The summed E-state index contributed by atoms with van der Waals surface area (Å²) in [6.07, 6.45) is 2.01. The van der Waals surface area contributed by atoms with E-state index in [4.69, 9.17) is 10.2 Å². The summed E-state index contributed by atoms with van der Waals surface area (Å²) in [5.74, 6) is -5.14. The Labute approximate surface area is 83.3 Å². The maximum absolute atomic E-state index is 10.6. The number of carboxylic acid groups (broad SMARTS) is 2. The van der Waals surface area contributed by atoms with Crippen LogP contribution in [0.15, 0.2) is 24.3 Å². The van der Waals surface area contributed by atoms with E-state index in [-0.39, 0.29) is 0 Å². The van der Waals surface area contributed by atoms with Crippen molar-refractivity contribution in [2.45, 2.75) is 0 Å². The fourth-order valence-electron chi connectivity index (χ4n) is 0.446. The van der Waals surface area contributed by atoms with Crippen LogP contribution in [0.3, 0.4) is 0 Å². The Morgan fingerprint density at radius 3 is 1.33 bits per heavy atom. The molecule has 7 heteroatoms. The topological polar surface area (TPSA) is 118 Å². The summed E-state index contributed by atoms with van der Waals surface area (Å²) >= 11 is 0. The first-order chi connectivity index (χ1) is 6.91. The Hall–Kier alpha value is -2.44. The third kappa shape index (κ3) is 7.91. The van der Waals surface area contributed by atoms with Crippen LogP contribution in [0.2, 0.25) is 0 Å². The predicted molar refractivity (Wildman–Crippen MR) is 44.7 cm³/mol. The lowest BCUT2D eigenvalue weighted by atomic mass is 10.5. The van der Waals surface area contributed by atoms with Crippen molar-refractivity contribution in [1.82, 2.24) is 0 Å². The van der Waals surface area contributed by atoms with Gasteiger partial charge in [-0.2, -0.15) is 0 Å². The summed E-state index contributed by atoms with van der Waals surface area (Å²) in [5, 5.41) is 16.2. The largest absolute Gasteiger partial charge is 0.478 e. The third-order valence-electron chi connectivity index (χ3n) is 0.925. The minimum absolute atomic E-state index is 0.483. The van der Waals surface area contributed by atoms with E-state index >= 15 is 0 Å². The summed E-state index contributed by atoms with van der Waals surface area (Å²) in [4.78, 5) is 41.1. The van der Waals surface area contributed by atoms with Crippen LogP contribution in [0.25, 0.3) is 0 Å². The minimum Gasteiger partial charge on any atom is -0.478 e. The second kappa shape index (κ2) is 6.08. The van der Waals surface area contributed by atoms with Gasteiger partial charge < -0.3 is 14.9 Å². The molecule has 7 nitrogen and oxygen atoms in total.